The molecule has 1 atom stereocenters. The zero-order valence-corrected chi connectivity index (χ0v) is 11.5. The highest BCUT2D eigenvalue weighted by atomic mass is 14.6. The van der Waals surface area contributed by atoms with E-state index in [0.29, 0.717) is 5.41 Å². The Morgan fingerprint density at radius 2 is 1.35 bits per heavy atom. The first-order valence-corrected chi connectivity index (χ1v) is 7.56. The maximum atomic E-state index is 6.17. The summed E-state index contributed by atoms with van der Waals surface area (Å²) in [4.78, 5) is 0. The Morgan fingerprint density at radius 1 is 0.800 bits per heavy atom. The fraction of sp³-hybridized carbons (Fsp3) is 0.300. The van der Waals surface area contributed by atoms with E-state index in [0.717, 1.165) is 6.42 Å². The molecule has 3 aliphatic rings. The molecule has 0 saturated heterocycles. The molecular weight excluding hydrogens is 240 g/mol. The summed E-state index contributed by atoms with van der Waals surface area (Å²) in [6.45, 7) is 6.17. The minimum atomic E-state index is 0.230. The summed E-state index contributed by atoms with van der Waals surface area (Å²) in [5.74, 6) is 0. The molecule has 0 radical (unpaired) electrons. The van der Waals surface area contributed by atoms with E-state index in [2.05, 4.69) is 48.5 Å². The van der Waals surface area contributed by atoms with Gasteiger partial charge in [0, 0.05) is 5.41 Å². The molecule has 2 spiro atoms. The summed E-state index contributed by atoms with van der Waals surface area (Å²) in [6, 6.07) is 18.0. The second-order valence-corrected chi connectivity index (χ2v) is 6.83. The van der Waals surface area contributed by atoms with Crippen LogP contribution in [0.25, 0.3) is 11.1 Å². The fourth-order valence-electron chi connectivity index (χ4n) is 4.83. The van der Waals surface area contributed by atoms with Gasteiger partial charge in [0.25, 0.3) is 0 Å². The van der Waals surface area contributed by atoms with Gasteiger partial charge in [-0.25, -0.2) is 0 Å². The van der Waals surface area contributed by atoms with Gasteiger partial charge in [-0.3, -0.25) is 5.57 Å². The Hall–Kier alpha value is -1.82. The van der Waals surface area contributed by atoms with Crippen molar-refractivity contribution >= 4 is 0 Å². The smallest absolute Gasteiger partial charge is 0.0222 e. The maximum absolute atomic E-state index is 6.17. The minimum Gasteiger partial charge on any atom is -0.514 e. The Balaban J connectivity index is 1.79. The SMILES string of the molecule is [CH-]=C1CC12CCC1(C2)c2ccccc2-c2ccccc21. The molecule has 0 aliphatic heterocycles. The minimum absolute atomic E-state index is 0.230. The number of hydrogen-bond acceptors (Lipinski definition) is 0. The van der Waals surface area contributed by atoms with E-state index in [-0.39, 0.29) is 5.41 Å². The highest BCUT2D eigenvalue weighted by Gasteiger charge is 2.57. The molecule has 2 saturated carbocycles. The van der Waals surface area contributed by atoms with Gasteiger partial charge >= 0.3 is 0 Å². The van der Waals surface area contributed by atoms with E-state index in [1.165, 1.54) is 47.1 Å². The molecule has 0 N–H and O–H groups in total. The van der Waals surface area contributed by atoms with Gasteiger partial charge < -0.3 is 6.58 Å². The van der Waals surface area contributed by atoms with Gasteiger partial charge in [-0.2, -0.15) is 0 Å². The lowest BCUT2D eigenvalue weighted by Gasteiger charge is -2.27. The first-order chi connectivity index (χ1) is 9.75. The molecule has 0 heterocycles. The molecule has 3 aliphatic carbocycles. The van der Waals surface area contributed by atoms with Crippen molar-refractivity contribution in [3.8, 4) is 11.1 Å². The first kappa shape index (κ1) is 10.9. The highest BCUT2D eigenvalue weighted by Crippen LogP contribution is 2.70. The third-order valence-electron chi connectivity index (χ3n) is 5.93. The van der Waals surface area contributed by atoms with E-state index in [4.69, 9.17) is 6.58 Å². The van der Waals surface area contributed by atoms with Gasteiger partial charge in [-0.05, 0) is 46.9 Å². The summed E-state index contributed by atoms with van der Waals surface area (Å²) in [6.07, 6.45) is 4.89. The molecule has 0 heteroatoms. The van der Waals surface area contributed by atoms with Gasteiger partial charge in [0.2, 0.25) is 0 Å². The van der Waals surface area contributed by atoms with Crippen LogP contribution >= 0.6 is 0 Å². The van der Waals surface area contributed by atoms with Crippen molar-refractivity contribution in [3.63, 3.8) is 0 Å². The van der Waals surface area contributed by atoms with Crippen LogP contribution in [0.4, 0.5) is 0 Å². The number of rotatable bonds is 0. The molecule has 98 valence electrons. The normalized spacial score (nSPS) is 27.9. The Bertz CT molecular complexity index is 707. The second kappa shape index (κ2) is 3.25. The molecule has 0 amide bonds. The Kier molecular flexibility index (Phi) is 1.77. The lowest BCUT2D eigenvalue weighted by atomic mass is 9.75. The average Bonchev–Trinajstić information content (AvgIpc) is 2.86. The van der Waals surface area contributed by atoms with Crippen LogP contribution in [0.15, 0.2) is 54.1 Å². The van der Waals surface area contributed by atoms with Crippen molar-refractivity contribution in [1.82, 2.24) is 0 Å². The largest absolute Gasteiger partial charge is 0.514 e. The predicted octanol–water partition coefficient (Wildman–Crippen LogP) is 4.89. The quantitative estimate of drug-likeness (QED) is 0.590. The van der Waals surface area contributed by atoms with E-state index in [9.17, 15) is 0 Å². The monoisotopic (exact) mass is 257 g/mol. The van der Waals surface area contributed by atoms with E-state index in [1.807, 2.05) is 0 Å². The van der Waals surface area contributed by atoms with Gasteiger partial charge in [0.15, 0.2) is 0 Å². The number of hydrogen-bond donors (Lipinski definition) is 0. The van der Waals surface area contributed by atoms with Crippen LogP contribution in [0, 0.1) is 12.0 Å². The van der Waals surface area contributed by atoms with Crippen molar-refractivity contribution in [3.05, 3.63) is 71.8 Å². The van der Waals surface area contributed by atoms with Crippen LogP contribution in [0.1, 0.15) is 36.8 Å². The molecule has 0 aromatic heterocycles. The first-order valence-electron chi connectivity index (χ1n) is 7.56. The van der Waals surface area contributed by atoms with Gasteiger partial charge in [0.1, 0.15) is 0 Å². The third kappa shape index (κ3) is 1.10. The highest BCUT2D eigenvalue weighted by molar-refractivity contribution is 5.81. The van der Waals surface area contributed by atoms with Crippen molar-refractivity contribution < 1.29 is 0 Å². The number of benzene rings is 2. The van der Waals surface area contributed by atoms with Crippen molar-refractivity contribution in [2.24, 2.45) is 5.41 Å². The molecule has 5 rings (SSSR count). The molecule has 0 bridgehead atoms. The summed E-state index contributed by atoms with van der Waals surface area (Å²) in [5, 5.41) is 0. The Labute approximate surface area is 120 Å². The van der Waals surface area contributed by atoms with Crippen LogP contribution in [-0.4, -0.2) is 0 Å². The second-order valence-electron chi connectivity index (χ2n) is 6.83. The van der Waals surface area contributed by atoms with Crippen LogP contribution in [0.5, 0.6) is 0 Å². The van der Waals surface area contributed by atoms with Crippen LogP contribution in [0.2, 0.25) is 0 Å². The predicted molar refractivity (Wildman–Crippen MR) is 81.4 cm³/mol. The van der Waals surface area contributed by atoms with Crippen LogP contribution in [-0.2, 0) is 5.41 Å². The standard InChI is InChI=1S/C20H17/c1-14-12-19(14)10-11-20(13-19)17-8-4-2-6-15(17)16-7-3-5-9-18(16)20/h1-9H,10-13H2/q-1. The van der Waals surface area contributed by atoms with E-state index < -0.39 is 0 Å². The molecular formula is C20H17-. The van der Waals surface area contributed by atoms with Crippen molar-refractivity contribution in [2.75, 3.05) is 0 Å². The molecule has 2 aromatic carbocycles. The fourth-order valence-corrected chi connectivity index (χ4v) is 4.83. The average molecular weight is 257 g/mol. The Morgan fingerprint density at radius 3 is 1.85 bits per heavy atom. The maximum Gasteiger partial charge on any atom is 0.0222 e. The number of fused-ring (bicyclic) bond motifs is 5. The summed E-state index contributed by atoms with van der Waals surface area (Å²) in [5.41, 5.74) is 7.81. The van der Waals surface area contributed by atoms with Gasteiger partial charge in [-0.15, -0.1) is 0 Å². The lowest BCUT2D eigenvalue weighted by Crippen LogP contribution is -2.21. The van der Waals surface area contributed by atoms with Crippen LogP contribution in [0.3, 0.4) is 0 Å². The lowest BCUT2D eigenvalue weighted by molar-refractivity contribution is 0.492. The van der Waals surface area contributed by atoms with E-state index >= 15 is 0 Å². The van der Waals surface area contributed by atoms with Gasteiger partial charge in [0.05, 0.1) is 0 Å². The van der Waals surface area contributed by atoms with Gasteiger partial charge in [-0.1, -0.05) is 55.0 Å². The van der Waals surface area contributed by atoms with Crippen molar-refractivity contribution in [2.45, 2.75) is 31.1 Å². The molecule has 2 aromatic rings. The van der Waals surface area contributed by atoms with Crippen LogP contribution < -0.4 is 0 Å². The summed E-state index contributed by atoms with van der Waals surface area (Å²) < 4.78 is 0. The number of allylic oxidation sites excluding steroid dienone is 1. The summed E-state index contributed by atoms with van der Waals surface area (Å²) >= 11 is 0. The van der Waals surface area contributed by atoms with Crippen molar-refractivity contribution in [1.29, 1.82) is 0 Å². The van der Waals surface area contributed by atoms with E-state index in [1.54, 1.807) is 0 Å². The summed E-state index contributed by atoms with van der Waals surface area (Å²) in [7, 11) is 0. The topological polar surface area (TPSA) is 0 Å². The zero-order chi connectivity index (χ0) is 13.4. The molecule has 0 nitrogen and oxygen atoms in total. The molecule has 2 fully saturated rings. The molecule has 1 unspecified atom stereocenters. The zero-order valence-electron chi connectivity index (χ0n) is 11.5. The third-order valence-corrected chi connectivity index (χ3v) is 5.93. The molecule has 20 heavy (non-hydrogen) atoms.